The number of nitrogens with zero attached hydrogens (tertiary/aromatic N) is 4. The Morgan fingerprint density at radius 2 is 1.81 bits per heavy atom. The molecule has 0 spiro atoms. The normalized spacial score (nSPS) is 17.8. The zero-order chi connectivity index (χ0) is 17.8. The smallest absolute Gasteiger partial charge is 0.134 e. The third kappa shape index (κ3) is 3.80. The van der Waals surface area contributed by atoms with E-state index in [-0.39, 0.29) is 0 Å². The van der Waals surface area contributed by atoms with Crippen LogP contribution in [0.15, 0.2) is 42.7 Å². The molecule has 6 heteroatoms. The van der Waals surface area contributed by atoms with Gasteiger partial charge in [0, 0.05) is 43.8 Å². The Hall–Kier alpha value is -2.21. The molecule has 0 bridgehead atoms. The van der Waals surface area contributed by atoms with Crippen LogP contribution in [0.25, 0.3) is 5.57 Å². The third-order valence-electron chi connectivity index (χ3n) is 4.95. The Balaban J connectivity index is 1.48. The molecule has 1 fully saturated rings. The number of hydrogen-bond donors (Lipinski definition) is 0. The number of ether oxygens (including phenoxy) is 1. The Morgan fingerprint density at radius 1 is 1.00 bits per heavy atom. The highest BCUT2D eigenvalue weighted by Crippen LogP contribution is 2.28. The topological polar surface area (TPSA) is 41.5 Å². The lowest BCUT2D eigenvalue weighted by Crippen LogP contribution is -2.34. The zero-order valence-corrected chi connectivity index (χ0v) is 15.9. The van der Waals surface area contributed by atoms with Crippen molar-refractivity contribution < 1.29 is 4.74 Å². The van der Waals surface area contributed by atoms with Gasteiger partial charge in [-0.15, -0.1) is 0 Å². The van der Waals surface area contributed by atoms with Crippen LogP contribution in [0.3, 0.4) is 0 Å². The van der Waals surface area contributed by atoms with Gasteiger partial charge in [-0.1, -0.05) is 18.2 Å². The van der Waals surface area contributed by atoms with E-state index in [4.69, 9.17) is 4.74 Å². The molecule has 5 nitrogen and oxygen atoms in total. The molecule has 4 rings (SSSR count). The highest BCUT2D eigenvalue weighted by Gasteiger charge is 2.18. The first-order chi connectivity index (χ1) is 12.8. The van der Waals surface area contributed by atoms with Gasteiger partial charge >= 0.3 is 0 Å². The van der Waals surface area contributed by atoms with Crippen LogP contribution < -0.4 is 14.5 Å². The van der Waals surface area contributed by atoms with Crippen LogP contribution in [-0.2, 0) is 0 Å². The van der Waals surface area contributed by atoms with E-state index in [1.807, 2.05) is 17.8 Å². The van der Waals surface area contributed by atoms with Crippen LogP contribution in [0, 0.1) is 0 Å². The van der Waals surface area contributed by atoms with E-state index in [9.17, 15) is 0 Å². The maximum atomic E-state index is 5.35. The van der Waals surface area contributed by atoms with Crippen molar-refractivity contribution in [2.24, 2.45) is 0 Å². The van der Waals surface area contributed by atoms with Gasteiger partial charge in [-0.05, 0) is 29.7 Å². The standard InChI is InChI=1S/C20H24N4OS/c1-25-18-4-2-3-17(13-18)16-5-7-23(8-6-16)19-14-20(22-15-21-19)24-9-11-26-12-10-24/h2-5,13-15H,6-12H2,1H3. The summed E-state index contributed by atoms with van der Waals surface area (Å²) in [5, 5.41) is 0. The summed E-state index contributed by atoms with van der Waals surface area (Å²) in [5.41, 5.74) is 2.63. The van der Waals surface area contributed by atoms with Crippen molar-refractivity contribution >= 4 is 29.0 Å². The van der Waals surface area contributed by atoms with Crippen molar-refractivity contribution in [3.05, 3.63) is 48.3 Å². The van der Waals surface area contributed by atoms with Crippen molar-refractivity contribution in [2.45, 2.75) is 6.42 Å². The fourth-order valence-electron chi connectivity index (χ4n) is 3.44. The number of methoxy groups -OCH3 is 1. The number of benzene rings is 1. The summed E-state index contributed by atoms with van der Waals surface area (Å²) in [7, 11) is 1.71. The van der Waals surface area contributed by atoms with Gasteiger partial charge in [0.1, 0.15) is 23.7 Å². The molecular weight excluding hydrogens is 344 g/mol. The van der Waals surface area contributed by atoms with E-state index < -0.39 is 0 Å². The lowest BCUT2D eigenvalue weighted by atomic mass is 9.99. The summed E-state index contributed by atoms with van der Waals surface area (Å²) in [6.07, 6.45) is 5.01. The molecule has 2 aliphatic heterocycles. The predicted octanol–water partition coefficient (Wildman–Crippen LogP) is 3.33. The largest absolute Gasteiger partial charge is 0.497 e. The second-order valence-corrected chi connectivity index (χ2v) is 7.72. The molecule has 3 heterocycles. The first-order valence-electron chi connectivity index (χ1n) is 9.06. The maximum Gasteiger partial charge on any atom is 0.134 e. The monoisotopic (exact) mass is 368 g/mol. The summed E-state index contributed by atoms with van der Waals surface area (Å²) in [6.45, 7) is 3.98. The molecule has 136 valence electrons. The van der Waals surface area contributed by atoms with Gasteiger partial charge in [-0.3, -0.25) is 0 Å². The SMILES string of the molecule is COc1cccc(C2=CCN(c3cc(N4CCSCC4)ncn3)CC2)c1. The molecular formula is C20H24N4OS. The second-order valence-electron chi connectivity index (χ2n) is 6.49. The molecule has 0 unspecified atom stereocenters. The average Bonchev–Trinajstić information content (AvgIpc) is 2.75. The van der Waals surface area contributed by atoms with E-state index >= 15 is 0 Å². The number of aromatic nitrogens is 2. The average molecular weight is 369 g/mol. The summed E-state index contributed by atoms with van der Waals surface area (Å²) >= 11 is 2.01. The molecule has 0 saturated carbocycles. The highest BCUT2D eigenvalue weighted by atomic mass is 32.2. The number of thioether (sulfide) groups is 1. The quantitative estimate of drug-likeness (QED) is 0.825. The third-order valence-corrected chi connectivity index (χ3v) is 5.89. The number of anilines is 2. The van der Waals surface area contributed by atoms with Gasteiger partial charge in [0.25, 0.3) is 0 Å². The lowest BCUT2D eigenvalue weighted by molar-refractivity contribution is 0.414. The van der Waals surface area contributed by atoms with Gasteiger partial charge in [0.05, 0.1) is 7.11 Å². The summed E-state index contributed by atoms with van der Waals surface area (Å²) < 4.78 is 5.35. The molecule has 2 aromatic rings. The Kier molecular flexibility index (Phi) is 5.29. The van der Waals surface area contributed by atoms with E-state index in [0.29, 0.717) is 0 Å². The molecule has 26 heavy (non-hydrogen) atoms. The fraction of sp³-hybridized carbons (Fsp3) is 0.400. The minimum Gasteiger partial charge on any atom is -0.497 e. The van der Waals surface area contributed by atoms with Crippen molar-refractivity contribution in [3.8, 4) is 5.75 Å². The first-order valence-corrected chi connectivity index (χ1v) is 10.2. The zero-order valence-electron chi connectivity index (χ0n) is 15.1. The van der Waals surface area contributed by atoms with Crippen molar-refractivity contribution in [3.63, 3.8) is 0 Å². The van der Waals surface area contributed by atoms with Crippen LogP contribution in [0.1, 0.15) is 12.0 Å². The molecule has 0 atom stereocenters. The summed E-state index contributed by atoms with van der Waals surface area (Å²) in [6, 6.07) is 10.4. The molecule has 1 saturated heterocycles. The van der Waals surface area contributed by atoms with E-state index in [1.165, 1.54) is 22.6 Å². The van der Waals surface area contributed by atoms with Crippen LogP contribution >= 0.6 is 11.8 Å². The molecule has 2 aliphatic rings. The van der Waals surface area contributed by atoms with E-state index in [0.717, 1.165) is 50.0 Å². The van der Waals surface area contributed by atoms with Gasteiger partial charge in [0.15, 0.2) is 0 Å². The second kappa shape index (κ2) is 7.99. The lowest BCUT2D eigenvalue weighted by Gasteiger charge is -2.30. The molecule has 0 N–H and O–H groups in total. The molecule has 0 aliphatic carbocycles. The number of rotatable bonds is 4. The molecule has 1 aromatic carbocycles. The molecule has 0 amide bonds. The van der Waals surface area contributed by atoms with E-state index in [1.54, 1.807) is 13.4 Å². The van der Waals surface area contributed by atoms with Crippen LogP contribution in [-0.4, -0.2) is 54.8 Å². The van der Waals surface area contributed by atoms with Crippen LogP contribution in [0.4, 0.5) is 11.6 Å². The Morgan fingerprint density at radius 3 is 2.54 bits per heavy atom. The highest BCUT2D eigenvalue weighted by molar-refractivity contribution is 7.99. The van der Waals surface area contributed by atoms with Crippen LogP contribution in [0.2, 0.25) is 0 Å². The van der Waals surface area contributed by atoms with Gasteiger partial charge in [-0.2, -0.15) is 11.8 Å². The van der Waals surface area contributed by atoms with Gasteiger partial charge in [-0.25, -0.2) is 9.97 Å². The van der Waals surface area contributed by atoms with E-state index in [2.05, 4.69) is 50.1 Å². The van der Waals surface area contributed by atoms with Crippen molar-refractivity contribution in [2.75, 3.05) is 54.6 Å². The van der Waals surface area contributed by atoms with Crippen LogP contribution in [0.5, 0.6) is 5.75 Å². The minimum atomic E-state index is 0.874. The molecule has 0 radical (unpaired) electrons. The van der Waals surface area contributed by atoms with Gasteiger partial charge in [0.2, 0.25) is 0 Å². The molecule has 1 aromatic heterocycles. The fourth-order valence-corrected chi connectivity index (χ4v) is 4.34. The predicted molar refractivity (Wildman–Crippen MR) is 109 cm³/mol. The van der Waals surface area contributed by atoms with Crippen molar-refractivity contribution in [1.29, 1.82) is 0 Å². The minimum absolute atomic E-state index is 0.874. The number of hydrogen-bond acceptors (Lipinski definition) is 6. The Bertz CT molecular complexity index is 789. The van der Waals surface area contributed by atoms with Crippen molar-refractivity contribution in [1.82, 2.24) is 9.97 Å². The Labute approximate surface area is 159 Å². The van der Waals surface area contributed by atoms with Gasteiger partial charge < -0.3 is 14.5 Å². The summed E-state index contributed by atoms with van der Waals surface area (Å²) in [5.74, 6) is 5.34. The summed E-state index contributed by atoms with van der Waals surface area (Å²) in [4.78, 5) is 13.7. The maximum absolute atomic E-state index is 5.35. The first kappa shape index (κ1) is 17.2.